The lowest BCUT2D eigenvalue weighted by Gasteiger charge is -2.23. The monoisotopic (exact) mass is 328 g/mol. The van der Waals surface area contributed by atoms with Crippen LogP contribution < -0.4 is 5.32 Å². The number of nitrogens with zero attached hydrogens (tertiary/aromatic N) is 2. The summed E-state index contributed by atoms with van der Waals surface area (Å²) in [7, 11) is -2.66. The zero-order valence-electron chi connectivity index (χ0n) is 12.1. The van der Waals surface area contributed by atoms with Crippen molar-refractivity contribution in [2.75, 3.05) is 20.1 Å². The minimum atomic E-state index is -4.59. The summed E-state index contributed by atoms with van der Waals surface area (Å²) in [5, 5.41) is 9.09. The van der Waals surface area contributed by atoms with E-state index in [1.807, 2.05) is 0 Å². The highest BCUT2D eigenvalue weighted by Gasteiger charge is 2.38. The first-order valence-corrected chi connectivity index (χ1v) is 7.82. The van der Waals surface area contributed by atoms with Crippen LogP contribution in [0.25, 0.3) is 0 Å². The molecule has 0 saturated heterocycles. The van der Waals surface area contributed by atoms with Gasteiger partial charge in [-0.15, -0.1) is 0 Å². The van der Waals surface area contributed by atoms with Crippen LogP contribution in [0.15, 0.2) is 4.90 Å². The number of H-pyrrole nitrogens is 1. The Morgan fingerprint density at radius 1 is 1.38 bits per heavy atom. The SMILES string of the molecule is CCCN(CC(F)(F)F)S(=O)(=O)c1c(CNC)n[nH]c1C. The van der Waals surface area contributed by atoms with Crippen LogP contribution in [0.1, 0.15) is 24.7 Å². The molecule has 0 aromatic carbocycles. The van der Waals surface area contributed by atoms with E-state index in [9.17, 15) is 21.6 Å². The van der Waals surface area contributed by atoms with Gasteiger partial charge in [0.05, 0.1) is 11.4 Å². The number of aryl methyl sites for hydroxylation is 1. The number of sulfonamides is 1. The molecular weight excluding hydrogens is 309 g/mol. The average Bonchev–Trinajstić information content (AvgIpc) is 2.69. The van der Waals surface area contributed by atoms with Gasteiger partial charge in [0.1, 0.15) is 11.4 Å². The van der Waals surface area contributed by atoms with Crippen LogP contribution in [0, 0.1) is 6.92 Å². The molecule has 0 aliphatic rings. The number of alkyl halides is 3. The Balaban J connectivity index is 3.26. The number of aromatic nitrogens is 2. The average molecular weight is 328 g/mol. The molecule has 10 heteroatoms. The van der Waals surface area contributed by atoms with Crippen molar-refractivity contribution < 1.29 is 21.6 Å². The molecule has 0 aliphatic heterocycles. The van der Waals surface area contributed by atoms with Crippen molar-refractivity contribution in [3.8, 4) is 0 Å². The minimum Gasteiger partial charge on any atom is -0.314 e. The highest BCUT2D eigenvalue weighted by molar-refractivity contribution is 7.89. The maximum absolute atomic E-state index is 12.6. The fourth-order valence-corrected chi connectivity index (χ4v) is 3.81. The van der Waals surface area contributed by atoms with Crippen molar-refractivity contribution in [1.82, 2.24) is 19.8 Å². The number of aromatic amines is 1. The largest absolute Gasteiger partial charge is 0.402 e. The van der Waals surface area contributed by atoms with E-state index in [-0.39, 0.29) is 35.8 Å². The molecule has 21 heavy (non-hydrogen) atoms. The van der Waals surface area contributed by atoms with Crippen LogP contribution in [-0.2, 0) is 16.6 Å². The van der Waals surface area contributed by atoms with Crippen molar-refractivity contribution in [1.29, 1.82) is 0 Å². The first-order chi connectivity index (χ1) is 9.63. The lowest BCUT2D eigenvalue weighted by Crippen LogP contribution is -2.40. The van der Waals surface area contributed by atoms with Gasteiger partial charge < -0.3 is 5.32 Å². The van der Waals surface area contributed by atoms with Crippen molar-refractivity contribution in [2.45, 2.75) is 37.9 Å². The van der Waals surface area contributed by atoms with Crippen LogP contribution in [0.5, 0.6) is 0 Å². The molecular formula is C11H19F3N4O2S. The molecule has 0 unspecified atom stereocenters. The quantitative estimate of drug-likeness (QED) is 0.793. The van der Waals surface area contributed by atoms with Gasteiger partial charge in [-0.1, -0.05) is 6.92 Å². The molecule has 1 aromatic heterocycles. The third-order valence-corrected chi connectivity index (χ3v) is 4.78. The minimum absolute atomic E-state index is 0.144. The number of nitrogens with one attached hydrogen (secondary N) is 2. The van der Waals surface area contributed by atoms with Crippen molar-refractivity contribution >= 4 is 10.0 Å². The smallest absolute Gasteiger partial charge is 0.314 e. The van der Waals surface area contributed by atoms with E-state index in [2.05, 4.69) is 15.5 Å². The van der Waals surface area contributed by atoms with Gasteiger partial charge in [0.2, 0.25) is 10.0 Å². The fourth-order valence-electron chi connectivity index (χ4n) is 1.96. The van der Waals surface area contributed by atoms with Gasteiger partial charge >= 0.3 is 6.18 Å². The van der Waals surface area contributed by atoms with Gasteiger partial charge in [0.15, 0.2) is 0 Å². The van der Waals surface area contributed by atoms with E-state index >= 15 is 0 Å². The number of hydrogen-bond acceptors (Lipinski definition) is 4. The van der Waals surface area contributed by atoms with E-state index < -0.39 is 22.7 Å². The van der Waals surface area contributed by atoms with Gasteiger partial charge in [0.25, 0.3) is 0 Å². The Bertz CT molecular complexity index is 569. The summed E-state index contributed by atoms with van der Waals surface area (Å²) >= 11 is 0. The molecule has 0 aliphatic carbocycles. The van der Waals surface area contributed by atoms with Gasteiger partial charge in [-0.05, 0) is 20.4 Å². The Labute approximate surface area is 121 Å². The molecule has 6 nitrogen and oxygen atoms in total. The van der Waals surface area contributed by atoms with E-state index in [0.29, 0.717) is 4.31 Å². The Kier molecular flexibility index (Phi) is 5.76. The van der Waals surface area contributed by atoms with Crippen molar-refractivity contribution in [3.05, 3.63) is 11.4 Å². The molecule has 1 rings (SSSR count). The lowest BCUT2D eigenvalue weighted by atomic mass is 10.4. The van der Waals surface area contributed by atoms with Crippen molar-refractivity contribution in [2.24, 2.45) is 0 Å². The van der Waals surface area contributed by atoms with Crippen LogP contribution in [0.4, 0.5) is 13.2 Å². The number of rotatable bonds is 7. The molecule has 2 N–H and O–H groups in total. The van der Waals surface area contributed by atoms with Crippen LogP contribution >= 0.6 is 0 Å². The first kappa shape index (κ1) is 17.9. The molecule has 122 valence electrons. The normalized spacial score (nSPS) is 13.1. The Hall–Kier alpha value is -1.13. The van der Waals surface area contributed by atoms with Crippen molar-refractivity contribution in [3.63, 3.8) is 0 Å². The fraction of sp³-hybridized carbons (Fsp3) is 0.727. The molecule has 0 amide bonds. The second-order valence-electron chi connectivity index (χ2n) is 4.61. The first-order valence-electron chi connectivity index (χ1n) is 6.38. The van der Waals surface area contributed by atoms with Crippen LogP contribution in [0.3, 0.4) is 0 Å². The number of hydrogen-bond donors (Lipinski definition) is 2. The predicted octanol–water partition coefficient (Wildman–Crippen LogP) is 1.40. The highest BCUT2D eigenvalue weighted by Crippen LogP contribution is 2.26. The second kappa shape index (κ2) is 6.75. The molecule has 1 heterocycles. The maximum Gasteiger partial charge on any atom is 0.402 e. The summed E-state index contributed by atoms with van der Waals surface area (Å²) in [5.74, 6) is 0. The zero-order chi connectivity index (χ0) is 16.3. The topological polar surface area (TPSA) is 78.1 Å². The van der Waals surface area contributed by atoms with E-state index in [0.717, 1.165) is 0 Å². The lowest BCUT2D eigenvalue weighted by molar-refractivity contribution is -0.136. The molecule has 0 saturated carbocycles. The third-order valence-electron chi connectivity index (χ3n) is 2.73. The molecule has 0 spiro atoms. The second-order valence-corrected chi connectivity index (χ2v) is 6.48. The summed E-state index contributed by atoms with van der Waals surface area (Å²) in [4.78, 5) is -0.186. The van der Waals surface area contributed by atoms with Crippen LogP contribution in [0.2, 0.25) is 0 Å². The number of halogens is 3. The van der Waals surface area contributed by atoms with E-state index in [1.54, 1.807) is 14.0 Å². The summed E-state index contributed by atoms with van der Waals surface area (Å²) in [6, 6.07) is 0. The maximum atomic E-state index is 12.6. The zero-order valence-corrected chi connectivity index (χ0v) is 12.9. The third kappa shape index (κ3) is 4.42. The summed E-state index contributed by atoms with van der Waals surface area (Å²) in [5.41, 5.74) is 0.404. The van der Waals surface area contributed by atoms with Gasteiger partial charge in [0, 0.05) is 13.1 Å². The van der Waals surface area contributed by atoms with E-state index in [1.165, 1.54) is 6.92 Å². The van der Waals surface area contributed by atoms with Crippen LogP contribution in [-0.4, -0.2) is 49.2 Å². The molecule has 0 atom stereocenters. The highest BCUT2D eigenvalue weighted by atomic mass is 32.2. The Morgan fingerprint density at radius 3 is 2.48 bits per heavy atom. The molecule has 0 radical (unpaired) electrons. The Morgan fingerprint density at radius 2 is 2.00 bits per heavy atom. The summed E-state index contributed by atoms with van der Waals surface area (Å²) < 4.78 is 63.3. The van der Waals surface area contributed by atoms with Gasteiger partial charge in [-0.3, -0.25) is 5.10 Å². The standard InChI is InChI=1S/C11H19F3N4O2S/c1-4-5-18(7-11(12,13)14)21(19,20)10-8(2)16-17-9(10)6-15-3/h15H,4-7H2,1-3H3,(H,16,17). The molecule has 0 bridgehead atoms. The summed E-state index contributed by atoms with van der Waals surface area (Å²) in [6.07, 6.45) is -4.31. The molecule has 1 aromatic rings. The molecule has 0 fully saturated rings. The van der Waals surface area contributed by atoms with Gasteiger partial charge in [-0.25, -0.2) is 8.42 Å². The van der Waals surface area contributed by atoms with E-state index in [4.69, 9.17) is 0 Å². The summed E-state index contributed by atoms with van der Waals surface area (Å²) in [6.45, 7) is 1.52. The van der Waals surface area contributed by atoms with Gasteiger partial charge in [-0.2, -0.15) is 22.6 Å². The predicted molar refractivity (Wildman–Crippen MR) is 71.2 cm³/mol.